The van der Waals surface area contributed by atoms with Crippen LogP contribution in [0.2, 0.25) is 0 Å². The number of aliphatic hydroxyl groups excluding tert-OH is 1. The molecule has 1 rings (SSSR count). The SMILES string of the molecule is COCC(C)(CCO)NCC(=O)Nc1ccc(C(C)C)cc1. The number of carbonyl (C=O) groups is 1. The molecular weight excluding hydrogens is 280 g/mol. The third-order valence-electron chi connectivity index (χ3n) is 3.66. The summed E-state index contributed by atoms with van der Waals surface area (Å²) in [6.45, 7) is 6.85. The molecule has 0 saturated carbocycles. The summed E-state index contributed by atoms with van der Waals surface area (Å²) in [5, 5.41) is 15.1. The van der Waals surface area contributed by atoms with Crippen molar-refractivity contribution in [1.82, 2.24) is 5.32 Å². The molecule has 0 bridgehead atoms. The molecule has 0 saturated heterocycles. The molecule has 0 aliphatic rings. The Balaban J connectivity index is 2.51. The summed E-state index contributed by atoms with van der Waals surface area (Å²) in [5.41, 5.74) is 1.61. The molecule has 0 radical (unpaired) electrons. The molecule has 0 aliphatic carbocycles. The molecule has 1 aromatic carbocycles. The third-order valence-corrected chi connectivity index (χ3v) is 3.66. The van der Waals surface area contributed by atoms with Crippen LogP contribution in [0.4, 0.5) is 5.69 Å². The fraction of sp³-hybridized carbons (Fsp3) is 0.588. The van der Waals surface area contributed by atoms with Crippen molar-refractivity contribution in [2.24, 2.45) is 0 Å². The monoisotopic (exact) mass is 308 g/mol. The molecule has 1 atom stereocenters. The number of anilines is 1. The number of ether oxygens (including phenoxy) is 1. The van der Waals surface area contributed by atoms with Gasteiger partial charge in [-0.15, -0.1) is 0 Å². The van der Waals surface area contributed by atoms with Gasteiger partial charge in [-0.25, -0.2) is 0 Å². The van der Waals surface area contributed by atoms with Gasteiger partial charge in [-0.2, -0.15) is 0 Å². The zero-order valence-corrected chi connectivity index (χ0v) is 14.0. The number of rotatable bonds is 9. The van der Waals surface area contributed by atoms with Crippen molar-refractivity contribution in [2.45, 2.75) is 38.6 Å². The zero-order chi connectivity index (χ0) is 16.6. The van der Waals surface area contributed by atoms with E-state index in [4.69, 9.17) is 9.84 Å². The Morgan fingerprint density at radius 3 is 2.45 bits per heavy atom. The molecule has 0 heterocycles. The molecule has 0 spiro atoms. The molecule has 0 aromatic heterocycles. The van der Waals surface area contributed by atoms with Crippen molar-refractivity contribution in [1.29, 1.82) is 0 Å². The van der Waals surface area contributed by atoms with E-state index in [2.05, 4.69) is 24.5 Å². The Morgan fingerprint density at radius 2 is 1.95 bits per heavy atom. The zero-order valence-electron chi connectivity index (χ0n) is 14.0. The highest BCUT2D eigenvalue weighted by molar-refractivity contribution is 5.92. The topological polar surface area (TPSA) is 70.6 Å². The van der Waals surface area contributed by atoms with Gasteiger partial charge in [-0.05, 0) is 37.0 Å². The van der Waals surface area contributed by atoms with Crippen LogP contribution < -0.4 is 10.6 Å². The summed E-state index contributed by atoms with van der Waals surface area (Å²) in [6, 6.07) is 7.87. The van der Waals surface area contributed by atoms with Crippen LogP contribution in [0.15, 0.2) is 24.3 Å². The number of nitrogens with one attached hydrogen (secondary N) is 2. The summed E-state index contributed by atoms with van der Waals surface area (Å²) >= 11 is 0. The quantitative estimate of drug-likeness (QED) is 0.653. The van der Waals surface area contributed by atoms with E-state index in [0.717, 1.165) is 5.69 Å². The highest BCUT2D eigenvalue weighted by Crippen LogP contribution is 2.17. The standard InChI is InChI=1S/C17H28N2O3/c1-13(2)14-5-7-15(8-6-14)19-16(21)11-18-17(3,9-10-20)12-22-4/h5-8,13,18,20H,9-12H2,1-4H3,(H,19,21). The van der Waals surface area contributed by atoms with Crippen LogP contribution >= 0.6 is 0 Å². The Morgan fingerprint density at radius 1 is 1.32 bits per heavy atom. The molecule has 1 aromatic rings. The number of amides is 1. The molecule has 124 valence electrons. The number of aliphatic hydroxyl groups is 1. The van der Waals surface area contributed by atoms with Gasteiger partial charge >= 0.3 is 0 Å². The van der Waals surface area contributed by atoms with E-state index in [1.165, 1.54) is 5.56 Å². The van der Waals surface area contributed by atoms with Crippen molar-refractivity contribution < 1.29 is 14.6 Å². The van der Waals surface area contributed by atoms with Gasteiger partial charge < -0.3 is 20.5 Å². The van der Waals surface area contributed by atoms with E-state index in [9.17, 15) is 4.79 Å². The van der Waals surface area contributed by atoms with Crippen LogP contribution in [0.25, 0.3) is 0 Å². The summed E-state index contributed by atoms with van der Waals surface area (Å²) in [5.74, 6) is 0.359. The van der Waals surface area contributed by atoms with Crippen LogP contribution in [-0.4, -0.2) is 43.4 Å². The minimum absolute atomic E-state index is 0.0468. The Bertz CT molecular complexity index is 451. The fourth-order valence-electron chi connectivity index (χ4n) is 2.23. The first kappa shape index (κ1) is 18.6. The van der Waals surface area contributed by atoms with E-state index in [1.54, 1.807) is 7.11 Å². The van der Waals surface area contributed by atoms with Gasteiger partial charge in [-0.1, -0.05) is 26.0 Å². The summed E-state index contributed by atoms with van der Waals surface area (Å²) in [4.78, 5) is 12.0. The second-order valence-electron chi connectivity index (χ2n) is 6.15. The van der Waals surface area contributed by atoms with Crippen LogP contribution in [0.5, 0.6) is 0 Å². The van der Waals surface area contributed by atoms with Crippen LogP contribution in [0.1, 0.15) is 38.7 Å². The molecule has 5 heteroatoms. The predicted molar refractivity (Wildman–Crippen MR) is 89.1 cm³/mol. The maximum Gasteiger partial charge on any atom is 0.238 e. The van der Waals surface area contributed by atoms with E-state index in [-0.39, 0.29) is 19.1 Å². The minimum Gasteiger partial charge on any atom is -0.396 e. The van der Waals surface area contributed by atoms with Gasteiger partial charge in [0.1, 0.15) is 0 Å². The van der Waals surface area contributed by atoms with Crippen LogP contribution in [0, 0.1) is 0 Å². The Kier molecular flexibility index (Phi) is 7.51. The maximum absolute atomic E-state index is 12.0. The largest absolute Gasteiger partial charge is 0.396 e. The van der Waals surface area contributed by atoms with E-state index in [1.807, 2.05) is 31.2 Å². The van der Waals surface area contributed by atoms with Gasteiger partial charge in [0.05, 0.1) is 13.2 Å². The number of hydrogen-bond donors (Lipinski definition) is 3. The lowest BCUT2D eigenvalue weighted by atomic mass is 9.99. The number of benzene rings is 1. The number of methoxy groups -OCH3 is 1. The first-order valence-corrected chi connectivity index (χ1v) is 7.65. The molecular formula is C17H28N2O3. The molecule has 1 unspecified atom stereocenters. The normalized spacial score (nSPS) is 13.9. The summed E-state index contributed by atoms with van der Waals surface area (Å²) < 4.78 is 5.14. The smallest absolute Gasteiger partial charge is 0.238 e. The van der Waals surface area contributed by atoms with Gasteiger partial charge in [-0.3, -0.25) is 4.79 Å². The predicted octanol–water partition coefficient (Wildman–Crippen LogP) is 2.13. The van der Waals surface area contributed by atoms with Crippen LogP contribution in [-0.2, 0) is 9.53 Å². The Hall–Kier alpha value is -1.43. The highest BCUT2D eigenvalue weighted by atomic mass is 16.5. The maximum atomic E-state index is 12.0. The fourth-order valence-corrected chi connectivity index (χ4v) is 2.23. The van der Waals surface area contributed by atoms with Crippen molar-refractivity contribution in [3.05, 3.63) is 29.8 Å². The van der Waals surface area contributed by atoms with Gasteiger partial charge in [0.2, 0.25) is 5.91 Å². The average molecular weight is 308 g/mol. The molecule has 0 fully saturated rings. The number of carbonyl (C=O) groups excluding carboxylic acids is 1. The number of hydrogen-bond acceptors (Lipinski definition) is 4. The second kappa shape index (κ2) is 8.88. The molecule has 3 N–H and O–H groups in total. The van der Waals surface area contributed by atoms with E-state index >= 15 is 0 Å². The van der Waals surface area contributed by atoms with E-state index in [0.29, 0.717) is 18.9 Å². The minimum atomic E-state index is -0.414. The second-order valence-corrected chi connectivity index (χ2v) is 6.15. The van der Waals surface area contributed by atoms with Gasteiger partial charge in [0, 0.05) is 24.9 Å². The lowest BCUT2D eigenvalue weighted by molar-refractivity contribution is -0.115. The highest BCUT2D eigenvalue weighted by Gasteiger charge is 2.23. The van der Waals surface area contributed by atoms with Gasteiger partial charge in [0.25, 0.3) is 0 Å². The van der Waals surface area contributed by atoms with Crippen LogP contribution in [0.3, 0.4) is 0 Å². The Labute approximate surface area is 133 Å². The van der Waals surface area contributed by atoms with E-state index < -0.39 is 5.54 Å². The van der Waals surface area contributed by atoms with Crippen molar-refractivity contribution >= 4 is 11.6 Å². The molecule has 5 nitrogen and oxygen atoms in total. The summed E-state index contributed by atoms with van der Waals surface area (Å²) in [7, 11) is 1.60. The lowest BCUT2D eigenvalue weighted by Crippen LogP contribution is -2.49. The van der Waals surface area contributed by atoms with Crippen molar-refractivity contribution in [3.8, 4) is 0 Å². The molecule has 22 heavy (non-hydrogen) atoms. The third kappa shape index (κ3) is 6.13. The van der Waals surface area contributed by atoms with Gasteiger partial charge in [0.15, 0.2) is 0 Å². The molecule has 1 amide bonds. The average Bonchev–Trinajstić information content (AvgIpc) is 2.46. The first-order valence-electron chi connectivity index (χ1n) is 7.65. The summed E-state index contributed by atoms with van der Waals surface area (Å²) in [6.07, 6.45) is 0.525. The first-order chi connectivity index (χ1) is 10.4. The van der Waals surface area contributed by atoms with Crippen molar-refractivity contribution in [2.75, 3.05) is 32.2 Å². The molecule has 0 aliphatic heterocycles. The lowest BCUT2D eigenvalue weighted by Gasteiger charge is -2.29. The van der Waals surface area contributed by atoms with Crippen molar-refractivity contribution in [3.63, 3.8) is 0 Å².